The summed E-state index contributed by atoms with van der Waals surface area (Å²) in [6.45, 7) is 6.05. The maximum atomic E-state index is 13.0. The molecule has 0 amide bonds. The molecule has 0 aliphatic rings. The van der Waals surface area contributed by atoms with Gasteiger partial charge in [0.25, 0.3) is 5.56 Å². The Balaban J connectivity index is 1.64. The Hall–Kier alpha value is -2.89. The van der Waals surface area contributed by atoms with Gasteiger partial charge in [0.2, 0.25) is 0 Å². The fourth-order valence-electron chi connectivity index (χ4n) is 3.50. The highest BCUT2D eigenvalue weighted by Gasteiger charge is 2.13. The summed E-state index contributed by atoms with van der Waals surface area (Å²) in [6, 6.07) is 13.5. The lowest BCUT2D eigenvalue weighted by molar-refractivity contribution is 0.571. The molecule has 0 radical (unpaired) electrons. The van der Waals surface area contributed by atoms with Crippen LogP contribution in [0.1, 0.15) is 22.5 Å². The molecule has 5 aromatic rings. The van der Waals surface area contributed by atoms with E-state index in [-0.39, 0.29) is 5.56 Å². The van der Waals surface area contributed by atoms with Gasteiger partial charge in [-0.1, -0.05) is 35.1 Å². The van der Waals surface area contributed by atoms with E-state index in [1.165, 1.54) is 16.9 Å². The van der Waals surface area contributed by atoms with Crippen LogP contribution in [0.2, 0.25) is 5.02 Å². The van der Waals surface area contributed by atoms with E-state index >= 15 is 0 Å². The SMILES string of the molecule is Cc1cc2nc3s/c(=C\c4ccc(-c5cccc(Cl)c5C)o4)c(=O)n3c2cc1C. The lowest BCUT2D eigenvalue weighted by Crippen LogP contribution is -2.22. The molecule has 0 bridgehead atoms. The first-order chi connectivity index (χ1) is 13.9. The monoisotopic (exact) mass is 420 g/mol. The summed E-state index contributed by atoms with van der Waals surface area (Å²) < 4.78 is 8.26. The van der Waals surface area contributed by atoms with E-state index in [1.54, 1.807) is 10.5 Å². The van der Waals surface area contributed by atoms with Gasteiger partial charge in [0, 0.05) is 16.7 Å². The molecule has 29 heavy (non-hydrogen) atoms. The highest BCUT2D eigenvalue weighted by Crippen LogP contribution is 2.30. The number of nitrogens with zero attached hydrogens (tertiary/aromatic N) is 2. The zero-order chi connectivity index (χ0) is 20.3. The van der Waals surface area contributed by atoms with Crippen molar-refractivity contribution in [3.8, 4) is 11.3 Å². The molecule has 3 aromatic heterocycles. The average molecular weight is 421 g/mol. The summed E-state index contributed by atoms with van der Waals surface area (Å²) in [6.07, 6.45) is 1.78. The molecule has 0 aliphatic heterocycles. The van der Waals surface area contributed by atoms with Crippen LogP contribution in [0.3, 0.4) is 0 Å². The van der Waals surface area contributed by atoms with Crippen molar-refractivity contribution >= 4 is 45.0 Å². The number of hydrogen-bond acceptors (Lipinski definition) is 4. The van der Waals surface area contributed by atoms with Crippen LogP contribution in [0.25, 0.3) is 33.4 Å². The molecule has 144 valence electrons. The first kappa shape index (κ1) is 18.2. The second kappa shape index (κ2) is 6.58. The van der Waals surface area contributed by atoms with Crippen molar-refractivity contribution in [1.29, 1.82) is 0 Å². The van der Waals surface area contributed by atoms with Gasteiger partial charge in [-0.05, 0) is 67.8 Å². The van der Waals surface area contributed by atoms with Crippen molar-refractivity contribution in [1.82, 2.24) is 9.38 Å². The maximum absolute atomic E-state index is 13.0. The molecule has 0 unspecified atom stereocenters. The van der Waals surface area contributed by atoms with Gasteiger partial charge in [0.1, 0.15) is 16.1 Å². The predicted octanol–water partition coefficient (Wildman–Crippen LogP) is 5.30. The third-order valence-corrected chi connectivity index (χ3v) is 6.67. The van der Waals surface area contributed by atoms with Crippen molar-refractivity contribution in [3.05, 3.63) is 84.8 Å². The van der Waals surface area contributed by atoms with E-state index in [0.29, 0.717) is 20.3 Å². The van der Waals surface area contributed by atoms with Gasteiger partial charge in [0.15, 0.2) is 4.96 Å². The number of rotatable bonds is 2. The van der Waals surface area contributed by atoms with Crippen molar-refractivity contribution < 1.29 is 4.42 Å². The highest BCUT2D eigenvalue weighted by atomic mass is 35.5. The van der Waals surface area contributed by atoms with Crippen LogP contribution in [0.15, 0.2) is 51.7 Å². The van der Waals surface area contributed by atoms with Crippen molar-refractivity contribution in [2.75, 3.05) is 0 Å². The van der Waals surface area contributed by atoms with Gasteiger partial charge in [-0.15, -0.1) is 0 Å². The number of aryl methyl sites for hydroxylation is 2. The number of hydrogen-bond donors (Lipinski definition) is 0. The summed E-state index contributed by atoms with van der Waals surface area (Å²) in [7, 11) is 0. The van der Waals surface area contributed by atoms with E-state index in [0.717, 1.165) is 33.5 Å². The Labute approximate surface area is 175 Å². The standard InChI is InChI=1S/C23H17ClN2O2S/c1-12-9-18-19(10-13(12)2)26-22(27)21(29-23(26)25-18)11-15-7-8-20(28-15)16-5-4-6-17(24)14(16)3/h4-11H,1-3H3/b21-11-. The predicted molar refractivity (Wildman–Crippen MR) is 119 cm³/mol. The molecule has 0 saturated carbocycles. The second-order valence-electron chi connectivity index (χ2n) is 7.19. The number of imidazole rings is 1. The third kappa shape index (κ3) is 2.89. The number of furan rings is 1. The van der Waals surface area contributed by atoms with E-state index in [4.69, 9.17) is 16.0 Å². The Kier molecular flexibility index (Phi) is 4.12. The quantitative estimate of drug-likeness (QED) is 0.389. The van der Waals surface area contributed by atoms with Gasteiger partial charge in [-0.2, -0.15) is 0 Å². The summed E-state index contributed by atoms with van der Waals surface area (Å²) >= 11 is 7.59. The molecule has 4 nitrogen and oxygen atoms in total. The molecule has 3 heterocycles. The fraction of sp³-hybridized carbons (Fsp3) is 0.130. The Bertz CT molecular complexity index is 1520. The van der Waals surface area contributed by atoms with Crippen LogP contribution >= 0.6 is 22.9 Å². The topological polar surface area (TPSA) is 47.5 Å². The number of thiazole rings is 1. The van der Waals surface area contributed by atoms with Crippen molar-refractivity contribution in [2.45, 2.75) is 20.8 Å². The number of halogens is 1. The van der Waals surface area contributed by atoms with E-state index < -0.39 is 0 Å². The molecule has 5 rings (SSSR count). The Morgan fingerprint density at radius 3 is 2.72 bits per heavy atom. The smallest absolute Gasteiger partial charge is 0.275 e. The molecule has 0 fully saturated rings. The maximum Gasteiger partial charge on any atom is 0.275 e. The van der Waals surface area contributed by atoms with E-state index in [1.807, 2.05) is 56.3 Å². The fourth-order valence-corrected chi connectivity index (χ4v) is 4.64. The minimum absolute atomic E-state index is 0.0763. The largest absolute Gasteiger partial charge is 0.457 e. The van der Waals surface area contributed by atoms with Gasteiger partial charge < -0.3 is 4.42 Å². The third-order valence-electron chi connectivity index (χ3n) is 5.29. The molecule has 0 atom stereocenters. The first-order valence-corrected chi connectivity index (χ1v) is 10.4. The van der Waals surface area contributed by atoms with Crippen molar-refractivity contribution in [2.24, 2.45) is 0 Å². The summed E-state index contributed by atoms with van der Waals surface area (Å²) in [4.78, 5) is 18.3. The molecule has 6 heteroatoms. The van der Waals surface area contributed by atoms with Crippen LogP contribution < -0.4 is 10.1 Å². The summed E-state index contributed by atoms with van der Waals surface area (Å²) in [5.74, 6) is 1.35. The summed E-state index contributed by atoms with van der Waals surface area (Å²) in [5, 5.41) is 0.697. The average Bonchev–Trinajstić information content (AvgIpc) is 3.35. The van der Waals surface area contributed by atoms with Gasteiger partial charge >= 0.3 is 0 Å². The number of benzene rings is 2. The second-order valence-corrected chi connectivity index (χ2v) is 8.60. The van der Waals surface area contributed by atoms with Crippen LogP contribution in [0, 0.1) is 20.8 Å². The van der Waals surface area contributed by atoms with Crippen molar-refractivity contribution in [3.63, 3.8) is 0 Å². The Morgan fingerprint density at radius 2 is 1.90 bits per heavy atom. The molecule has 0 aliphatic carbocycles. The molecule has 0 N–H and O–H groups in total. The zero-order valence-electron chi connectivity index (χ0n) is 16.1. The minimum atomic E-state index is -0.0763. The van der Waals surface area contributed by atoms with E-state index in [2.05, 4.69) is 11.9 Å². The molecular weight excluding hydrogens is 404 g/mol. The molecule has 2 aromatic carbocycles. The lowest BCUT2D eigenvalue weighted by atomic mass is 10.1. The normalized spacial score (nSPS) is 12.5. The van der Waals surface area contributed by atoms with Gasteiger partial charge in [0.05, 0.1) is 11.0 Å². The minimum Gasteiger partial charge on any atom is -0.457 e. The lowest BCUT2D eigenvalue weighted by Gasteiger charge is -2.03. The van der Waals surface area contributed by atoms with Crippen LogP contribution in [0.4, 0.5) is 0 Å². The molecule has 0 saturated heterocycles. The molecular formula is C23H17ClN2O2S. The van der Waals surface area contributed by atoms with E-state index in [9.17, 15) is 4.79 Å². The summed E-state index contributed by atoms with van der Waals surface area (Å²) in [5.41, 5.74) is 5.83. The Morgan fingerprint density at radius 1 is 1.10 bits per heavy atom. The number of aromatic nitrogens is 2. The highest BCUT2D eigenvalue weighted by molar-refractivity contribution is 7.15. The van der Waals surface area contributed by atoms with Crippen LogP contribution in [0.5, 0.6) is 0 Å². The van der Waals surface area contributed by atoms with Crippen LogP contribution in [-0.4, -0.2) is 9.38 Å². The first-order valence-electron chi connectivity index (χ1n) is 9.21. The molecule has 0 spiro atoms. The number of fused-ring (bicyclic) bond motifs is 3. The van der Waals surface area contributed by atoms with Gasteiger partial charge in [-0.3, -0.25) is 4.79 Å². The zero-order valence-corrected chi connectivity index (χ0v) is 17.7. The van der Waals surface area contributed by atoms with Crippen LogP contribution in [-0.2, 0) is 0 Å². The van der Waals surface area contributed by atoms with Gasteiger partial charge in [-0.25, -0.2) is 9.38 Å².